The summed E-state index contributed by atoms with van der Waals surface area (Å²) in [5, 5.41) is 6.56. The zero-order valence-corrected chi connectivity index (χ0v) is 15.0. The van der Waals surface area contributed by atoms with Crippen molar-refractivity contribution in [3.8, 4) is 11.5 Å². The summed E-state index contributed by atoms with van der Waals surface area (Å²) >= 11 is 0. The summed E-state index contributed by atoms with van der Waals surface area (Å²) < 4.78 is 5.80. The maximum Gasteiger partial charge on any atom is 0.135 e. The lowest BCUT2D eigenvalue weighted by molar-refractivity contribution is 0.425. The number of anilines is 3. The van der Waals surface area contributed by atoms with Crippen LogP contribution in [-0.2, 0) is 0 Å². The fraction of sp³-hybridized carbons (Fsp3) is 0.200. The zero-order valence-electron chi connectivity index (χ0n) is 15.0. The maximum absolute atomic E-state index is 5.80. The molecular formula is C20H23N5O. The minimum Gasteiger partial charge on any atom is -0.457 e. The van der Waals surface area contributed by atoms with Crippen molar-refractivity contribution in [1.82, 2.24) is 14.9 Å². The molecule has 134 valence electrons. The average molecular weight is 349 g/mol. The van der Waals surface area contributed by atoms with Gasteiger partial charge in [0.25, 0.3) is 0 Å². The first kappa shape index (κ1) is 17.7. The standard InChI is InChI=1S/C20H23N5O/c1-25(2)13-12-21-19-14-20(23-15-22-19)24-16-8-10-18(11-9-16)26-17-6-4-3-5-7-17/h3-11,14-15H,12-13H2,1-2H3,(H2,21,22,23,24). The van der Waals surface area contributed by atoms with Crippen molar-refractivity contribution in [3.63, 3.8) is 0 Å². The predicted octanol–water partition coefficient (Wildman–Crippen LogP) is 3.99. The van der Waals surface area contributed by atoms with E-state index in [0.717, 1.165) is 41.9 Å². The van der Waals surface area contributed by atoms with E-state index >= 15 is 0 Å². The first-order valence-corrected chi connectivity index (χ1v) is 8.50. The van der Waals surface area contributed by atoms with Crippen molar-refractivity contribution < 1.29 is 4.74 Å². The van der Waals surface area contributed by atoms with Crippen LogP contribution in [0.3, 0.4) is 0 Å². The Morgan fingerprint density at radius 1 is 0.885 bits per heavy atom. The second-order valence-corrected chi connectivity index (χ2v) is 6.08. The van der Waals surface area contributed by atoms with Crippen LogP contribution in [0.1, 0.15) is 0 Å². The molecule has 0 bridgehead atoms. The van der Waals surface area contributed by atoms with Crippen LogP contribution in [-0.4, -0.2) is 42.1 Å². The third-order valence-corrected chi connectivity index (χ3v) is 3.64. The molecule has 0 saturated carbocycles. The molecule has 1 heterocycles. The molecule has 0 amide bonds. The van der Waals surface area contributed by atoms with Crippen molar-refractivity contribution in [1.29, 1.82) is 0 Å². The number of aromatic nitrogens is 2. The topological polar surface area (TPSA) is 62.3 Å². The first-order valence-electron chi connectivity index (χ1n) is 8.50. The highest BCUT2D eigenvalue weighted by molar-refractivity contribution is 5.59. The smallest absolute Gasteiger partial charge is 0.135 e. The quantitative estimate of drug-likeness (QED) is 0.641. The number of hydrogen-bond donors (Lipinski definition) is 2. The van der Waals surface area contributed by atoms with Gasteiger partial charge in [-0.1, -0.05) is 18.2 Å². The summed E-state index contributed by atoms with van der Waals surface area (Å²) in [6.07, 6.45) is 1.55. The molecule has 2 aromatic carbocycles. The van der Waals surface area contributed by atoms with E-state index < -0.39 is 0 Å². The lowest BCUT2D eigenvalue weighted by atomic mass is 10.3. The summed E-state index contributed by atoms with van der Waals surface area (Å²) in [5.74, 6) is 3.14. The number of nitrogens with zero attached hydrogens (tertiary/aromatic N) is 3. The van der Waals surface area contributed by atoms with Crippen LogP contribution in [0.15, 0.2) is 67.0 Å². The Bertz CT molecular complexity index is 806. The van der Waals surface area contributed by atoms with E-state index in [-0.39, 0.29) is 0 Å². The van der Waals surface area contributed by atoms with Gasteiger partial charge in [0.15, 0.2) is 0 Å². The van der Waals surface area contributed by atoms with Crippen LogP contribution in [0.25, 0.3) is 0 Å². The summed E-state index contributed by atoms with van der Waals surface area (Å²) in [4.78, 5) is 10.6. The lowest BCUT2D eigenvalue weighted by Gasteiger charge is -2.12. The van der Waals surface area contributed by atoms with Gasteiger partial charge in [-0.05, 0) is 50.5 Å². The Kier molecular flexibility index (Phi) is 6.01. The number of rotatable bonds is 8. The molecule has 26 heavy (non-hydrogen) atoms. The molecule has 0 saturated heterocycles. The van der Waals surface area contributed by atoms with Crippen LogP contribution in [0.4, 0.5) is 17.3 Å². The molecule has 2 N–H and O–H groups in total. The normalized spacial score (nSPS) is 10.6. The van der Waals surface area contributed by atoms with Crippen LogP contribution >= 0.6 is 0 Å². The van der Waals surface area contributed by atoms with Crippen molar-refractivity contribution in [3.05, 3.63) is 67.0 Å². The van der Waals surface area contributed by atoms with Crippen LogP contribution in [0.2, 0.25) is 0 Å². The number of nitrogens with one attached hydrogen (secondary N) is 2. The average Bonchev–Trinajstić information content (AvgIpc) is 2.64. The van der Waals surface area contributed by atoms with E-state index in [0.29, 0.717) is 0 Å². The van der Waals surface area contributed by atoms with Gasteiger partial charge in [-0.15, -0.1) is 0 Å². The van der Waals surface area contributed by atoms with E-state index in [1.807, 2.05) is 74.8 Å². The number of likely N-dealkylation sites (N-methyl/N-ethyl adjacent to an activating group) is 1. The molecule has 0 fully saturated rings. The molecule has 0 atom stereocenters. The van der Waals surface area contributed by atoms with Crippen LogP contribution in [0, 0.1) is 0 Å². The van der Waals surface area contributed by atoms with E-state index in [9.17, 15) is 0 Å². The molecule has 0 aliphatic carbocycles. The molecule has 0 unspecified atom stereocenters. The second kappa shape index (κ2) is 8.82. The number of benzene rings is 2. The monoisotopic (exact) mass is 349 g/mol. The van der Waals surface area contributed by atoms with E-state index in [1.54, 1.807) is 6.33 Å². The summed E-state index contributed by atoms with van der Waals surface area (Å²) in [5.41, 5.74) is 0.934. The van der Waals surface area contributed by atoms with Crippen molar-refractivity contribution in [2.24, 2.45) is 0 Å². The zero-order chi connectivity index (χ0) is 18.2. The largest absolute Gasteiger partial charge is 0.457 e. The van der Waals surface area contributed by atoms with Gasteiger partial charge >= 0.3 is 0 Å². The minimum atomic E-state index is 0.740. The van der Waals surface area contributed by atoms with Gasteiger partial charge in [0.05, 0.1) is 0 Å². The summed E-state index contributed by atoms with van der Waals surface area (Å²) in [6.45, 7) is 1.77. The number of ether oxygens (including phenoxy) is 1. The van der Waals surface area contributed by atoms with Crippen molar-refractivity contribution in [2.75, 3.05) is 37.8 Å². The van der Waals surface area contributed by atoms with Crippen LogP contribution < -0.4 is 15.4 Å². The first-order chi connectivity index (χ1) is 12.7. The van der Waals surface area contributed by atoms with Gasteiger partial charge in [-0.3, -0.25) is 0 Å². The number of hydrogen-bond acceptors (Lipinski definition) is 6. The highest BCUT2D eigenvalue weighted by atomic mass is 16.5. The molecule has 6 nitrogen and oxygen atoms in total. The Hall–Kier alpha value is -3.12. The molecule has 0 aliphatic rings. The third-order valence-electron chi connectivity index (χ3n) is 3.64. The molecule has 0 spiro atoms. The molecule has 0 radical (unpaired) electrons. The van der Waals surface area contributed by atoms with E-state index in [2.05, 4.69) is 25.5 Å². The SMILES string of the molecule is CN(C)CCNc1cc(Nc2ccc(Oc3ccccc3)cc2)ncn1. The second-order valence-electron chi connectivity index (χ2n) is 6.08. The summed E-state index contributed by atoms with van der Waals surface area (Å²) in [6, 6.07) is 19.4. The minimum absolute atomic E-state index is 0.740. The van der Waals surface area contributed by atoms with Gasteiger partial charge in [-0.25, -0.2) is 9.97 Å². The fourth-order valence-electron chi connectivity index (χ4n) is 2.31. The number of para-hydroxylation sites is 1. The third kappa shape index (κ3) is 5.46. The highest BCUT2D eigenvalue weighted by Crippen LogP contribution is 2.24. The van der Waals surface area contributed by atoms with Crippen molar-refractivity contribution in [2.45, 2.75) is 0 Å². The highest BCUT2D eigenvalue weighted by Gasteiger charge is 2.01. The molecule has 3 rings (SSSR count). The van der Waals surface area contributed by atoms with Crippen LogP contribution in [0.5, 0.6) is 11.5 Å². The summed E-state index contributed by atoms with van der Waals surface area (Å²) in [7, 11) is 4.08. The van der Waals surface area contributed by atoms with Gasteiger partial charge in [0, 0.05) is 24.8 Å². The Morgan fingerprint density at radius 3 is 2.31 bits per heavy atom. The van der Waals surface area contributed by atoms with Gasteiger partial charge in [-0.2, -0.15) is 0 Å². The molecule has 3 aromatic rings. The molecule has 0 aliphatic heterocycles. The van der Waals surface area contributed by atoms with Gasteiger partial charge < -0.3 is 20.3 Å². The predicted molar refractivity (Wildman–Crippen MR) is 105 cm³/mol. The van der Waals surface area contributed by atoms with E-state index in [4.69, 9.17) is 4.74 Å². The van der Waals surface area contributed by atoms with Gasteiger partial charge in [0.2, 0.25) is 0 Å². The lowest BCUT2D eigenvalue weighted by Crippen LogP contribution is -2.21. The Labute approximate surface area is 153 Å². The molecule has 6 heteroatoms. The van der Waals surface area contributed by atoms with Gasteiger partial charge in [0.1, 0.15) is 29.5 Å². The molecule has 1 aromatic heterocycles. The van der Waals surface area contributed by atoms with E-state index in [1.165, 1.54) is 0 Å². The Morgan fingerprint density at radius 2 is 1.58 bits per heavy atom. The maximum atomic E-state index is 5.80. The Balaban J connectivity index is 1.58. The fourth-order valence-corrected chi connectivity index (χ4v) is 2.31. The van der Waals surface area contributed by atoms with Crippen molar-refractivity contribution >= 4 is 17.3 Å². The molecular weight excluding hydrogens is 326 g/mol.